The molecule has 0 amide bonds. The van der Waals surface area contributed by atoms with Crippen LogP contribution in [-0.4, -0.2) is 28.2 Å². The highest BCUT2D eigenvalue weighted by Gasteiger charge is 2.31. The van der Waals surface area contributed by atoms with Gasteiger partial charge in [-0.3, -0.25) is 0 Å². The second kappa shape index (κ2) is 7.69. The van der Waals surface area contributed by atoms with Gasteiger partial charge in [-0.25, -0.2) is 22.0 Å². The zero-order valence-electron chi connectivity index (χ0n) is 15.2. The van der Waals surface area contributed by atoms with E-state index in [4.69, 9.17) is 28.3 Å². The van der Waals surface area contributed by atoms with E-state index in [0.717, 1.165) is 0 Å². The van der Waals surface area contributed by atoms with Gasteiger partial charge in [-0.05, 0) is 55.7 Å². The number of aryl methyl sites for hydroxylation is 1. The molecule has 0 saturated heterocycles. The van der Waals surface area contributed by atoms with E-state index in [1.54, 1.807) is 26.8 Å². The molecule has 148 valence electrons. The minimum atomic E-state index is -3.96. The molecule has 6 nitrogen and oxygen atoms in total. The van der Waals surface area contributed by atoms with Crippen LogP contribution in [0.3, 0.4) is 0 Å². The van der Waals surface area contributed by atoms with Gasteiger partial charge in [0.1, 0.15) is 4.90 Å². The molecule has 0 heterocycles. The Kier molecular flexibility index (Phi) is 6.31. The molecule has 0 fully saturated rings. The fourth-order valence-corrected chi connectivity index (χ4v) is 5.65. The quantitative estimate of drug-likeness (QED) is 0.751. The molecule has 2 rings (SSSR count). The molecule has 0 aliphatic heterocycles. The molecular formula is C17H20Cl2N2O4S2. The molecule has 27 heavy (non-hydrogen) atoms. The van der Waals surface area contributed by atoms with Gasteiger partial charge in [0.05, 0.1) is 9.92 Å². The van der Waals surface area contributed by atoms with E-state index in [9.17, 15) is 16.8 Å². The van der Waals surface area contributed by atoms with Crippen LogP contribution < -0.4 is 5.14 Å². The normalized spacial score (nSPS) is 13.8. The Morgan fingerprint density at radius 3 is 2.04 bits per heavy atom. The van der Waals surface area contributed by atoms with Crippen LogP contribution in [0.5, 0.6) is 0 Å². The van der Waals surface area contributed by atoms with Crippen molar-refractivity contribution in [3.05, 3.63) is 57.1 Å². The number of rotatable bonds is 5. The molecule has 0 aliphatic carbocycles. The van der Waals surface area contributed by atoms with Crippen LogP contribution in [-0.2, 0) is 20.0 Å². The Hall–Kier alpha value is -1.16. The maximum Gasteiger partial charge on any atom is 0.245 e. The summed E-state index contributed by atoms with van der Waals surface area (Å²) in [5.74, 6) is 0. The lowest BCUT2D eigenvalue weighted by Crippen LogP contribution is -2.30. The van der Waals surface area contributed by atoms with E-state index in [1.165, 1.54) is 35.6 Å². The first-order valence-corrected chi connectivity index (χ1v) is 11.6. The van der Waals surface area contributed by atoms with Crippen LogP contribution in [0, 0.1) is 13.8 Å². The summed E-state index contributed by atoms with van der Waals surface area (Å²) in [6, 6.07) is 6.75. The molecule has 0 aromatic heterocycles. The van der Waals surface area contributed by atoms with E-state index in [2.05, 4.69) is 0 Å². The lowest BCUT2D eigenvalue weighted by Gasteiger charge is -2.26. The number of benzene rings is 2. The lowest BCUT2D eigenvalue weighted by molar-refractivity contribution is 0.398. The first-order chi connectivity index (χ1) is 12.3. The van der Waals surface area contributed by atoms with Crippen LogP contribution in [0.4, 0.5) is 0 Å². The Morgan fingerprint density at radius 1 is 1.04 bits per heavy atom. The molecule has 2 aromatic carbocycles. The summed E-state index contributed by atoms with van der Waals surface area (Å²) in [5, 5.41) is 5.53. The fraction of sp³-hybridized carbons (Fsp3) is 0.294. The zero-order valence-corrected chi connectivity index (χ0v) is 18.3. The van der Waals surface area contributed by atoms with Crippen molar-refractivity contribution >= 4 is 43.2 Å². The molecule has 1 atom stereocenters. The summed E-state index contributed by atoms with van der Waals surface area (Å²) in [4.78, 5) is -0.0852. The van der Waals surface area contributed by atoms with E-state index < -0.39 is 26.1 Å². The minimum Gasteiger partial charge on any atom is -0.225 e. The van der Waals surface area contributed by atoms with E-state index in [-0.39, 0.29) is 14.8 Å². The molecule has 0 aliphatic rings. The maximum atomic E-state index is 13.2. The summed E-state index contributed by atoms with van der Waals surface area (Å²) in [6.07, 6.45) is 0. The van der Waals surface area contributed by atoms with Crippen LogP contribution >= 0.6 is 23.2 Å². The van der Waals surface area contributed by atoms with Crippen molar-refractivity contribution < 1.29 is 16.8 Å². The van der Waals surface area contributed by atoms with Crippen molar-refractivity contribution in [2.75, 3.05) is 7.05 Å². The predicted molar refractivity (Wildman–Crippen MR) is 107 cm³/mol. The van der Waals surface area contributed by atoms with Gasteiger partial charge in [0, 0.05) is 18.1 Å². The zero-order chi connectivity index (χ0) is 20.7. The number of nitrogens with zero attached hydrogens (tertiary/aromatic N) is 1. The van der Waals surface area contributed by atoms with Crippen LogP contribution in [0.15, 0.2) is 40.1 Å². The number of sulfonamides is 2. The fourth-order valence-electron chi connectivity index (χ4n) is 2.62. The average molecular weight is 451 g/mol. The molecule has 0 bridgehead atoms. The maximum absolute atomic E-state index is 13.2. The molecule has 0 spiro atoms. The molecular weight excluding hydrogens is 431 g/mol. The molecule has 0 saturated carbocycles. The predicted octanol–water partition coefficient (Wildman–Crippen LogP) is 3.64. The van der Waals surface area contributed by atoms with Crippen molar-refractivity contribution in [1.29, 1.82) is 0 Å². The molecule has 2 N–H and O–H groups in total. The van der Waals surface area contributed by atoms with Gasteiger partial charge in [0.25, 0.3) is 0 Å². The van der Waals surface area contributed by atoms with Crippen molar-refractivity contribution in [3.63, 3.8) is 0 Å². The van der Waals surface area contributed by atoms with Crippen molar-refractivity contribution in [3.8, 4) is 0 Å². The van der Waals surface area contributed by atoms with E-state index in [0.29, 0.717) is 21.7 Å². The van der Waals surface area contributed by atoms with E-state index >= 15 is 0 Å². The molecule has 0 radical (unpaired) electrons. The SMILES string of the molecule is Cc1cc(Cl)c(C)c(S(=O)(=O)N(C)[C@H](C)c2ccc(S(N)(=O)=O)cc2)c1Cl. The van der Waals surface area contributed by atoms with Crippen LogP contribution in [0.2, 0.25) is 10.0 Å². The third-order valence-electron chi connectivity index (χ3n) is 4.46. The number of hydrogen-bond acceptors (Lipinski definition) is 4. The van der Waals surface area contributed by atoms with Crippen LogP contribution in [0.25, 0.3) is 0 Å². The minimum absolute atomic E-state index is 0.0373. The van der Waals surface area contributed by atoms with Gasteiger partial charge in [0.15, 0.2) is 0 Å². The highest BCUT2D eigenvalue weighted by molar-refractivity contribution is 7.89. The van der Waals surface area contributed by atoms with Crippen molar-refractivity contribution in [2.24, 2.45) is 5.14 Å². The van der Waals surface area contributed by atoms with E-state index in [1.807, 2.05) is 0 Å². The number of nitrogens with two attached hydrogens (primary N) is 1. The highest BCUT2D eigenvalue weighted by atomic mass is 35.5. The first-order valence-electron chi connectivity index (χ1n) is 7.84. The number of primary sulfonamides is 1. The van der Waals surface area contributed by atoms with Crippen LogP contribution in [0.1, 0.15) is 29.7 Å². The standard InChI is InChI=1S/C17H20Cl2N2O4S2/c1-10-9-15(18)11(2)17(16(10)19)27(24,25)21(4)12(3)13-5-7-14(8-6-13)26(20,22)23/h5-9,12H,1-4H3,(H2,20,22,23)/t12-/m1/s1. The Balaban J connectivity index is 2.49. The number of hydrogen-bond donors (Lipinski definition) is 1. The van der Waals surface area contributed by atoms with Gasteiger partial charge in [0.2, 0.25) is 20.0 Å². The summed E-state index contributed by atoms with van der Waals surface area (Å²) in [5.41, 5.74) is 1.53. The summed E-state index contributed by atoms with van der Waals surface area (Å²) < 4.78 is 50.3. The van der Waals surface area contributed by atoms with Gasteiger partial charge in [-0.2, -0.15) is 4.31 Å². The Morgan fingerprint density at radius 2 is 1.56 bits per heavy atom. The topological polar surface area (TPSA) is 97.5 Å². The largest absolute Gasteiger partial charge is 0.245 e. The molecule has 2 aromatic rings. The molecule has 10 heteroatoms. The Labute approximate surface area is 170 Å². The molecule has 0 unspecified atom stereocenters. The van der Waals surface area contributed by atoms with Gasteiger partial charge < -0.3 is 0 Å². The highest BCUT2D eigenvalue weighted by Crippen LogP contribution is 2.37. The summed E-state index contributed by atoms with van der Waals surface area (Å²) in [7, 11) is -6.35. The average Bonchev–Trinajstić information content (AvgIpc) is 2.58. The van der Waals surface area contributed by atoms with Gasteiger partial charge >= 0.3 is 0 Å². The van der Waals surface area contributed by atoms with Gasteiger partial charge in [-0.15, -0.1) is 0 Å². The van der Waals surface area contributed by atoms with Gasteiger partial charge in [-0.1, -0.05) is 35.3 Å². The second-order valence-corrected chi connectivity index (χ2v) is 10.5. The second-order valence-electron chi connectivity index (χ2n) is 6.25. The monoisotopic (exact) mass is 450 g/mol. The summed E-state index contributed by atoms with van der Waals surface area (Å²) >= 11 is 12.4. The third kappa shape index (κ3) is 4.31. The number of halogens is 2. The smallest absolute Gasteiger partial charge is 0.225 e. The van der Waals surface area contributed by atoms with Crippen molar-refractivity contribution in [2.45, 2.75) is 36.6 Å². The Bertz CT molecular complexity index is 1060. The van der Waals surface area contributed by atoms with Crippen molar-refractivity contribution in [1.82, 2.24) is 4.31 Å². The lowest BCUT2D eigenvalue weighted by atomic mass is 10.1. The first kappa shape index (κ1) is 22.1. The third-order valence-corrected chi connectivity index (χ3v) is 8.48. The summed E-state index contributed by atoms with van der Waals surface area (Å²) in [6.45, 7) is 4.96.